The first-order chi connectivity index (χ1) is 7.68. The maximum absolute atomic E-state index is 6.13. The molecule has 17 heavy (non-hydrogen) atoms. The molecule has 1 heterocycles. The second-order valence-electron chi connectivity index (χ2n) is 4.95. The Morgan fingerprint density at radius 2 is 1.47 bits per heavy atom. The van der Waals surface area contributed by atoms with Crippen molar-refractivity contribution in [3.05, 3.63) is 12.3 Å². The molecule has 1 aliphatic rings. The summed E-state index contributed by atoms with van der Waals surface area (Å²) >= 11 is 0. The molecule has 0 saturated carbocycles. The molecule has 1 saturated heterocycles. The van der Waals surface area contributed by atoms with Crippen molar-refractivity contribution in [1.29, 1.82) is 0 Å². The van der Waals surface area contributed by atoms with E-state index in [4.69, 9.17) is 20.6 Å². The minimum atomic E-state index is -2.32. The van der Waals surface area contributed by atoms with E-state index in [1.165, 1.54) is 0 Å². The molecule has 100 valence electrons. The van der Waals surface area contributed by atoms with Crippen molar-refractivity contribution in [2.45, 2.75) is 32.7 Å². The molecule has 5 nitrogen and oxygen atoms in total. The smallest absolute Gasteiger partial charge is 0.343 e. The first-order valence-electron chi connectivity index (χ1n) is 5.58. The van der Waals surface area contributed by atoms with Gasteiger partial charge in [-0.1, -0.05) is 5.70 Å². The van der Waals surface area contributed by atoms with E-state index in [-0.39, 0.29) is 0 Å². The SMILES string of the molecule is C=C[Si]1(C)O[SiH2]O[SiH2]O[Si](C)(C)O[Si](C)(C)O1. The number of rotatable bonds is 1. The lowest BCUT2D eigenvalue weighted by molar-refractivity contribution is 0.276. The normalized spacial score (nSPS) is 36.8. The van der Waals surface area contributed by atoms with Crippen molar-refractivity contribution in [3.8, 4) is 0 Å². The highest BCUT2D eigenvalue weighted by atomic mass is 28.5. The molecule has 0 radical (unpaired) electrons. The van der Waals surface area contributed by atoms with Crippen LogP contribution in [0.4, 0.5) is 0 Å². The Bertz CT molecular complexity index is 286. The van der Waals surface area contributed by atoms with Crippen molar-refractivity contribution in [2.75, 3.05) is 0 Å². The zero-order valence-corrected chi connectivity index (χ0v) is 17.1. The van der Waals surface area contributed by atoms with Crippen LogP contribution in [0.25, 0.3) is 0 Å². The van der Waals surface area contributed by atoms with Gasteiger partial charge in [0.15, 0.2) is 0 Å². The molecule has 0 spiro atoms. The van der Waals surface area contributed by atoms with E-state index in [1.807, 2.05) is 32.7 Å². The summed E-state index contributed by atoms with van der Waals surface area (Å²) in [4.78, 5) is 0. The summed E-state index contributed by atoms with van der Waals surface area (Å²) in [6, 6.07) is 0. The van der Waals surface area contributed by atoms with Crippen LogP contribution in [0.15, 0.2) is 12.3 Å². The van der Waals surface area contributed by atoms with Crippen LogP contribution in [-0.4, -0.2) is 45.7 Å². The van der Waals surface area contributed by atoms with Gasteiger partial charge in [-0.3, -0.25) is 0 Å². The van der Waals surface area contributed by atoms with Crippen LogP contribution < -0.4 is 0 Å². The zero-order valence-electron chi connectivity index (χ0n) is 11.2. The molecule has 1 rings (SSSR count). The molecule has 0 bridgehead atoms. The average molecular weight is 327 g/mol. The van der Waals surface area contributed by atoms with Crippen molar-refractivity contribution in [3.63, 3.8) is 0 Å². The second kappa shape index (κ2) is 5.73. The third-order valence-corrected chi connectivity index (χ3v) is 17.8. The third-order valence-electron chi connectivity index (χ3n) is 2.23. The topological polar surface area (TPSA) is 46.2 Å². The minimum Gasteiger partial charge on any atom is -0.425 e. The first-order valence-corrected chi connectivity index (χ1v) is 15.9. The van der Waals surface area contributed by atoms with E-state index in [0.29, 0.717) is 0 Å². The lowest BCUT2D eigenvalue weighted by Crippen LogP contribution is -2.56. The van der Waals surface area contributed by atoms with Crippen LogP contribution in [0.5, 0.6) is 0 Å². The van der Waals surface area contributed by atoms with E-state index in [0.717, 1.165) is 0 Å². The van der Waals surface area contributed by atoms with Gasteiger partial charge in [-0.15, -0.1) is 6.58 Å². The van der Waals surface area contributed by atoms with E-state index < -0.39 is 45.7 Å². The molecule has 0 amide bonds. The standard InChI is InChI=1S/C7H22O5Si5/c1-7-17(6)10-14-8-13-9-15(2,3)11-16(4,5)12-17/h7H,1,13-14H2,2-6H3. The van der Waals surface area contributed by atoms with Gasteiger partial charge in [0.25, 0.3) is 20.0 Å². The molecule has 1 atom stereocenters. The van der Waals surface area contributed by atoms with Gasteiger partial charge in [0.1, 0.15) is 0 Å². The molecule has 1 fully saturated rings. The fourth-order valence-electron chi connectivity index (χ4n) is 1.64. The fourth-order valence-corrected chi connectivity index (χ4v) is 17.7. The summed E-state index contributed by atoms with van der Waals surface area (Å²) in [5.41, 5.74) is 1.81. The third kappa shape index (κ3) is 5.41. The van der Waals surface area contributed by atoms with Crippen molar-refractivity contribution in [2.24, 2.45) is 0 Å². The van der Waals surface area contributed by atoms with Gasteiger partial charge in [-0.25, -0.2) is 0 Å². The van der Waals surface area contributed by atoms with E-state index >= 15 is 0 Å². The molecule has 0 aromatic rings. The summed E-state index contributed by atoms with van der Waals surface area (Å²) < 4.78 is 29.3. The van der Waals surface area contributed by atoms with Crippen LogP contribution in [0.1, 0.15) is 0 Å². The summed E-state index contributed by atoms with van der Waals surface area (Å²) in [6.07, 6.45) is 0. The van der Waals surface area contributed by atoms with E-state index in [9.17, 15) is 0 Å². The van der Waals surface area contributed by atoms with Gasteiger partial charge in [0.2, 0.25) is 0 Å². The summed E-state index contributed by atoms with van der Waals surface area (Å²) in [5, 5.41) is 0. The van der Waals surface area contributed by atoms with Gasteiger partial charge < -0.3 is 20.6 Å². The van der Waals surface area contributed by atoms with Crippen molar-refractivity contribution < 1.29 is 20.6 Å². The van der Waals surface area contributed by atoms with E-state index in [2.05, 4.69) is 6.58 Å². The zero-order chi connectivity index (χ0) is 13.2. The van der Waals surface area contributed by atoms with Crippen molar-refractivity contribution >= 4 is 45.7 Å². The van der Waals surface area contributed by atoms with Crippen LogP contribution in [0.3, 0.4) is 0 Å². The van der Waals surface area contributed by atoms with Crippen LogP contribution in [-0.2, 0) is 20.6 Å². The molecular formula is C7H22O5Si5. The maximum Gasteiger partial charge on any atom is 0.343 e. The quantitative estimate of drug-likeness (QED) is 0.648. The monoisotopic (exact) mass is 326 g/mol. The van der Waals surface area contributed by atoms with Gasteiger partial charge in [0, 0.05) is 0 Å². The molecule has 0 aromatic carbocycles. The van der Waals surface area contributed by atoms with Crippen LogP contribution in [0.2, 0.25) is 32.7 Å². The molecular weight excluding hydrogens is 305 g/mol. The van der Waals surface area contributed by atoms with Gasteiger partial charge >= 0.3 is 25.7 Å². The number of hydrogen-bond donors (Lipinski definition) is 0. The maximum atomic E-state index is 6.13. The Balaban J connectivity index is 2.84. The van der Waals surface area contributed by atoms with Crippen LogP contribution in [0, 0.1) is 0 Å². The molecule has 0 aliphatic carbocycles. The Labute approximate surface area is 111 Å². The van der Waals surface area contributed by atoms with Gasteiger partial charge in [0.05, 0.1) is 0 Å². The first kappa shape index (κ1) is 15.7. The molecule has 10 heteroatoms. The largest absolute Gasteiger partial charge is 0.425 e. The molecule has 0 N–H and O–H groups in total. The van der Waals surface area contributed by atoms with Gasteiger partial charge in [-0.2, -0.15) is 0 Å². The summed E-state index contributed by atoms with van der Waals surface area (Å²) in [6.45, 7) is 14.0. The number of hydrogen-bond acceptors (Lipinski definition) is 5. The molecule has 0 aromatic heterocycles. The average Bonchev–Trinajstić information content (AvgIpc) is 2.13. The Hall–Kier alpha value is 0.624. The Morgan fingerprint density at radius 1 is 0.882 bits per heavy atom. The Morgan fingerprint density at radius 3 is 2.06 bits per heavy atom. The predicted molar refractivity (Wildman–Crippen MR) is 79.3 cm³/mol. The lowest BCUT2D eigenvalue weighted by atomic mass is 11.3. The molecule has 1 unspecified atom stereocenters. The highest BCUT2D eigenvalue weighted by Crippen LogP contribution is 2.22. The summed E-state index contributed by atoms with van der Waals surface area (Å²) in [7, 11) is -8.63. The van der Waals surface area contributed by atoms with Crippen LogP contribution >= 0.6 is 0 Å². The molecule has 1 aliphatic heterocycles. The lowest BCUT2D eigenvalue weighted by Gasteiger charge is -2.39. The Kier molecular flexibility index (Phi) is 5.28. The second-order valence-corrected chi connectivity index (χ2v) is 19.0. The van der Waals surface area contributed by atoms with E-state index in [1.54, 1.807) is 5.70 Å². The highest BCUT2D eigenvalue weighted by molar-refractivity contribution is 6.88. The minimum absolute atomic E-state index is 0.967. The van der Waals surface area contributed by atoms with Gasteiger partial charge in [-0.05, 0) is 32.7 Å². The fraction of sp³-hybridized carbons (Fsp3) is 0.714. The summed E-state index contributed by atoms with van der Waals surface area (Å²) in [5.74, 6) is 0. The highest BCUT2D eigenvalue weighted by Gasteiger charge is 2.43. The van der Waals surface area contributed by atoms with Crippen molar-refractivity contribution in [1.82, 2.24) is 0 Å². The predicted octanol–water partition coefficient (Wildman–Crippen LogP) is 0.281.